The number of benzene rings is 2. The Labute approximate surface area is 156 Å². The molecule has 2 aromatic rings. The summed E-state index contributed by atoms with van der Waals surface area (Å²) in [5, 5.41) is 10.1. The molecule has 2 atom stereocenters. The first-order valence-electron chi connectivity index (χ1n) is 10.3. The number of aromatic hydroxyl groups is 1. The van der Waals surface area contributed by atoms with Crippen LogP contribution in [0.15, 0.2) is 48.5 Å². The highest BCUT2D eigenvalue weighted by Gasteiger charge is 2.59. The van der Waals surface area contributed by atoms with Gasteiger partial charge >= 0.3 is 0 Å². The zero-order chi connectivity index (χ0) is 17.6. The van der Waals surface area contributed by atoms with E-state index in [0.29, 0.717) is 16.6 Å². The Morgan fingerprint density at radius 1 is 0.962 bits per heavy atom. The highest BCUT2D eigenvalue weighted by Crippen LogP contribution is 2.63. The first-order valence-corrected chi connectivity index (χ1v) is 10.3. The third kappa shape index (κ3) is 2.42. The molecule has 136 valence electrons. The third-order valence-electron chi connectivity index (χ3n) is 7.70. The second kappa shape index (κ2) is 6.13. The van der Waals surface area contributed by atoms with Crippen LogP contribution in [0.2, 0.25) is 0 Å². The quantitative estimate of drug-likeness (QED) is 0.870. The Bertz CT molecular complexity index is 801. The normalized spacial score (nSPS) is 30.5. The standard InChI is InChI=1S/C24H29NO/c26-21-8-7-20-9-13-23-11-4-12-24(23,22(20)17-21)14-16-25(18-23)15-10-19-5-2-1-3-6-19/h1-3,5-8,17,26H,4,9-16,18H2. The fourth-order valence-corrected chi connectivity index (χ4v) is 6.43. The summed E-state index contributed by atoms with van der Waals surface area (Å²) in [4.78, 5) is 2.73. The van der Waals surface area contributed by atoms with Gasteiger partial charge in [0.25, 0.3) is 0 Å². The number of piperidine rings is 1. The number of aryl methyl sites for hydroxylation is 1. The van der Waals surface area contributed by atoms with Gasteiger partial charge in [0, 0.05) is 18.5 Å². The van der Waals surface area contributed by atoms with E-state index < -0.39 is 0 Å². The van der Waals surface area contributed by atoms with Crippen LogP contribution in [0.4, 0.5) is 0 Å². The Hall–Kier alpha value is -1.80. The predicted molar refractivity (Wildman–Crippen MR) is 106 cm³/mol. The van der Waals surface area contributed by atoms with Gasteiger partial charge in [-0.15, -0.1) is 0 Å². The molecule has 0 amide bonds. The smallest absolute Gasteiger partial charge is 0.115 e. The predicted octanol–water partition coefficient (Wildman–Crippen LogP) is 4.69. The van der Waals surface area contributed by atoms with Gasteiger partial charge in [0.1, 0.15) is 5.75 Å². The van der Waals surface area contributed by atoms with Crippen molar-refractivity contribution in [1.82, 2.24) is 4.90 Å². The lowest BCUT2D eigenvalue weighted by Gasteiger charge is -2.56. The molecule has 2 aromatic carbocycles. The minimum Gasteiger partial charge on any atom is -0.508 e. The van der Waals surface area contributed by atoms with Gasteiger partial charge in [0.2, 0.25) is 0 Å². The van der Waals surface area contributed by atoms with E-state index in [1.807, 2.05) is 6.07 Å². The van der Waals surface area contributed by atoms with E-state index in [4.69, 9.17) is 0 Å². The molecule has 0 radical (unpaired) electrons. The summed E-state index contributed by atoms with van der Waals surface area (Å²) >= 11 is 0. The summed E-state index contributed by atoms with van der Waals surface area (Å²) in [6, 6.07) is 17.1. The van der Waals surface area contributed by atoms with Crippen molar-refractivity contribution < 1.29 is 5.11 Å². The maximum atomic E-state index is 10.1. The molecular weight excluding hydrogens is 318 g/mol. The molecule has 2 aliphatic carbocycles. The van der Waals surface area contributed by atoms with Crippen LogP contribution in [0.3, 0.4) is 0 Å². The van der Waals surface area contributed by atoms with E-state index in [1.54, 1.807) is 0 Å². The fourth-order valence-electron chi connectivity index (χ4n) is 6.43. The summed E-state index contributed by atoms with van der Waals surface area (Å²) in [5.41, 5.74) is 5.19. The van der Waals surface area contributed by atoms with E-state index in [2.05, 4.69) is 47.4 Å². The van der Waals surface area contributed by atoms with Crippen LogP contribution in [0.1, 0.15) is 48.8 Å². The van der Waals surface area contributed by atoms with Crippen molar-refractivity contribution in [3.8, 4) is 5.75 Å². The molecule has 1 N–H and O–H groups in total. The molecular formula is C24H29NO. The van der Waals surface area contributed by atoms with Crippen LogP contribution in [0, 0.1) is 5.41 Å². The summed E-state index contributed by atoms with van der Waals surface area (Å²) in [7, 11) is 0. The lowest BCUT2D eigenvalue weighted by Crippen LogP contribution is -2.57. The average Bonchev–Trinajstić information content (AvgIpc) is 3.07. The number of phenolic OH excluding ortho intramolecular Hbond substituents is 1. The van der Waals surface area contributed by atoms with Crippen LogP contribution in [-0.2, 0) is 18.3 Å². The molecule has 3 aliphatic rings. The first kappa shape index (κ1) is 16.4. The summed E-state index contributed by atoms with van der Waals surface area (Å²) in [6.45, 7) is 3.62. The van der Waals surface area contributed by atoms with Gasteiger partial charge in [-0.1, -0.05) is 42.8 Å². The Balaban J connectivity index is 1.40. The number of hydrogen-bond donors (Lipinski definition) is 1. The lowest BCUT2D eigenvalue weighted by molar-refractivity contribution is 0.00746. The van der Waals surface area contributed by atoms with Crippen molar-refractivity contribution in [3.63, 3.8) is 0 Å². The van der Waals surface area contributed by atoms with Crippen LogP contribution in [0.5, 0.6) is 5.75 Å². The van der Waals surface area contributed by atoms with Crippen LogP contribution in [0.25, 0.3) is 0 Å². The molecule has 2 heteroatoms. The molecule has 2 fully saturated rings. The molecule has 2 nitrogen and oxygen atoms in total. The van der Waals surface area contributed by atoms with Crippen molar-refractivity contribution in [1.29, 1.82) is 0 Å². The highest BCUT2D eigenvalue weighted by molar-refractivity contribution is 5.46. The molecule has 1 aliphatic heterocycles. The van der Waals surface area contributed by atoms with Crippen LogP contribution in [-0.4, -0.2) is 29.6 Å². The molecule has 5 rings (SSSR count). The Kier molecular flexibility index (Phi) is 3.86. The van der Waals surface area contributed by atoms with E-state index >= 15 is 0 Å². The monoisotopic (exact) mass is 347 g/mol. The average molecular weight is 348 g/mol. The van der Waals surface area contributed by atoms with Crippen LogP contribution < -0.4 is 0 Å². The van der Waals surface area contributed by atoms with Crippen molar-refractivity contribution in [2.75, 3.05) is 19.6 Å². The molecule has 1 saturated carbocycles. The Morgan fingerprint density at radius 2 is 1.85 bits per heavy atom. The maximum Gasteiger partial charge on any atom is 0.115 e. The largest absolute Gasteiger partial charge is 0.508 e. The van der Waals surface area contributed by atoms with Gasteiger partial charge in [-0.3, -0.25) is 0 Å². The number of hydrogen-bond acceptors (Lipinski definition) is 2. The molecule has 2 unspecified atom stereocenters. The Morgan fingerprint density at radius 3 is 2.73 bits per heavy atom. The number of rotatable bonds is 3. The summed E-state index contributed by atoms with van der Waals surface area (Å²) in [5.74, 6) is 0.451. The zero-order valence-corrected chi connectivity index (χ0v) is 15.6. The minimum atomic E-state index is 0.322. The SMILES string of the molecule is Oc1ccc2c(c1)C13CCCC1(CC2)CN(CCc1ccccc1)CC3. The van der Waals surface area contributed by atoms with E-state index in [9.17, 15) is 5.11 Å². The lowest BCUT2D eigenvalue weighted by atomic mass is 9.52. The van der Waals surface area contributed by atoms with Gasteiger partial charge in [0.15, 0.2) is 0 Å². The highest BCUT2D eigenvalue weighted by atomic mass is 16.3. The van der Waals surface area contributed by atoms with Gasteiger partial charge in [-0.05, 0) is 79.3 Å². The molecule has 1 heterocycles. The van der Waals surface area contributed by atoms with Gasteiger partial charge in [-0.2, -0.15) is 0 Å². The second-order valence-corrected chi connectivity index (χ2v) is 8.82. The summed E-state index contributed by atoms with van der Waals surface area (Å²) in [6.07, 6.45) is 8.96. The number of phenols is 1. The van der Waals surface area contributed by atoms with Crippen molar-refractivity contribution >= 4 is 0 Å². The van der Waals surface area contributed by atoms with Gasteiger partial charge < -0.3 is 10.0 Å². The number of nitrogens with zero attached hydrogens (tertiary/aromatic N) is 1. The second-order valence-electron chi connectivity index (χ2n) is 8.82. The van der Waals surface area contributed by atoms with E-state index in [1.165, 1.54) is 74.8 Å². The third-order valence-corrected chi connectivity index (χ3v) is 7.70. The molecule has 0 bridgehead atoms. The summed E-state index contributed by atoms with van der Waals surface area (Å²) < 4.78 is 0. The van der Waals surface area contributed by atoms with E-state index in [0.717, 1.165) is 6.42 Å². The van der Waals surface area contributed by atoms with Gasteiger partial charge in [0.05, 0.1) is 0 Å². The fraction of sp³-hybridized carbons (Fsp3) is 0.500. The number of fused-ring (bicyclic) bond motifs is 1. The van der Waals surface area contributed by atoms with E-state index in [-0.39, 0.29) is 0 Å². The topological polar surface area (TPSA) is 23.5 Å². The number of likely N-dealkylation sites (tertiary alicyclic amines) is 1. The molecule has 26 heavy (non-hydrogen) atoms. The van der Waals surface area contributed by atoms with Crippen LogP contribution >= 0.6 is 0 Å². The zero-order valence-electron chi connectivity index (χ0n) is 15.6. The molecule has 0 aromatic heterocycles. The first-order chi connectivity index (χ1) is 12.7. The van der Waals surface area contributed by atoms with Crippen molar-refractivity contribution in [3.05, 3.63) is 65.2 Å². The molecule has 0 spiro atoms. The maximum absolute atomic E-state index is 10.1. The molecule has 1 saturated heterocycles. The van der Waals surface area contributed by atoms with Gasteiger partial charge in [-0.25, -0.2) is 0 Å². The minimum absolute atomic E-state index is 0.322. The van der Waals surface area contributed by atoms with Crippen molar-refractivity contribution in [2.24, 2.45) is 5.41 Å². The van der Waals surface area contributed by atoms with Crippen molar-refractivity contribution in [2.45, 2.75) is 50.4 Å².